The molecule has 0 aliphatic carbocycles. The molecule has 7 heteroatoms. The number of fused-ring (bicyclic) bond motifs is 1. The molecule has 0 amide bonds. The number of furan rings is 1. The fourth-order valence-corrected chi connectivity index (χ4v) is 5.28. The lowest BCUT2D eigenvalue weighted by molar-refractivity contribution is 0.447. The molecule has 1 atom stereocenters. The van der Waals surface area contributed by atoms with E-state index in [0.29, 0.717) is 4.21 Å². The van der Waals surface area contributed by atoms with Crippen molar-refractivity contribution >= 4 is 27.0 Å². The third-order valence-electron chi connectivity index (χ3n) is 4.40. The van der Waals surface area contributed by atoms with Gasteiger partial charge in [-0.25, -0.2) is 13.1 Å². The second kappa shape index (κ2) is 6.67. The van der Waals surface area contributed by atoms with Crippen molar-refractivity contribution in [1.29, 1.82) is 0 Å². The van der Waals surface area contributed by atoms with Gasteiger partial charge in [-0.1, -0.05) is 24.3 Å². The van der Waals surface area contributed by atoms with Gasteiger partial charge in [-0.15, -0.1) is 11.3 Å². The van der Waals surface area contributed by atoms with Crippen LogP contribution in [-0.4, -0.2) is 21.5 Å². The molecule has 25 heavy (non-hydrogen) atoms. The van der Waals surface area contributed by atoms with Crippen molar-refractivity contribution in [3.63, 3.8) is 0 Å². The number of hydrogen-bond acceptors (Lipinski definition) is 5. The van der Waals surface area contributed by atoms with Crippen molar-refractivity contribution < 1.29 is 12.8 Å². The predicted molar refractivity (Wildman–Crippen MR) is 98.4 cm³/mol. The van der Waals surface area contributed by atoms with Crippen LogP contribution in [-0.2, 0) is 16.4 Å². The van der Waals surface area contributed by atoms with E-state index < -0.39 is 10.0 Å². The zero-order chi connectivity index (χ0) is 17.3. The van der Waals surface area contributed by atoms with Gasteiger partial charge in [-0.2, -0.15) is 0 Å². The highest BCUT2D eigenvalue weighted by molar-refractivity contribution is 7.91. The molecule has 1 aliphatic heterocycles. The molecular formula is C18H18N2O3S2. The van der Waals surface area contributed by atoms with Crippen LogP contribution < -0.4 is 9.62 Å². The number of sulfonamides is 1. The van der Waals surface area contributed by atoms with Crippen LogP contribution >= 0.6 is 11.3 Å². The summed E-state index contributed by atoms with van der Waals surface area (Å²) < 4.78 is 33.6. The first-order chi connectivity index (χ1) is 12.1. The first-order valence-electron chi connectivity index (χ1n) is 8.06. The van der Waals surface area contributed by atoms with E-state index in [4.69, 9.17) is 4.42 Å². The van der Waals surface area contributed by atoms with Crippen molar-refractivity contribution in [2.75, 3.05) is 18.0 Å². The number of benzene rings is 1. The SMILES string of the molecule is O=S(=O)(NCC(c1ccco1)N1CCc2ccccc21)c1cccs1. The van der Waals surface area contributed by atoms with Crippen LogP contribution in [0, 0.1) is 0 Å². The van der Waals surface area contributed by atoms with Crippen LogP contribution in [0.2, 0.25) is 0 Å². The number of rotatable bonds is 6. The molecule has 5 nitrogen and oxygen atoms in total. The summed E-state index contributed by atoms with van der Waals surface area (Å²) >= 11 is 1.21. The minimum absolute atomic E-state index is 0.187. The van der Waals surface area contributed by atoms with Crippen molar-refractivity contribution in [3.8, 4) is 0 Å². The lowest BCUT2D eigenvalue weighted by Gasteiger charge is -2.29. The average molecular weight is 374 g/mol. The fraction of sp³-hybridized carbons (Fsp3) is 0.222. The highest BCUT2D eigenvalue weighted by atomic mass is 32.2. The van der Waals surface area contributed by atoms with Gasteiger partial charge in [-0.3, -0.25) is 0 Å². The second-order valence-corrected chi connectivity index (χ2v) is 8.83. The number of anilines is 1. The first kappa shape index (κ1) is 16.4. The average Bonchev–Trinajstić information content (AvgIpc) is 3.37. The normalized spacial score (nSPS) is 15.3. The Bertz CT molecular complexity index is 935. The molecule has 0 saturated carbocycles. The van der Waals surface area contributed by atoms with E-state index in [1.807, 2.05) is 24.3 Å². The predicted octanol–water partition coefficient (Wildman–Crippen LogP) is 3.42. The van der Waals surface area contributed by atoms with Gasteiger partial charge in [0.15, 0.2) is 0 Å². The Morgan fingerprint density at radius 2 is 2.04 bits per heavy atom. The summed E-state index contributed by atoms with van der Waals surface area (Å²) in [5.41, 5.74) is 2.42. The van der Waals surface area contributed by atoms with Gasteiger partial charge in [0.25, 0.3) is 0 Å². The van der Waals surface area contributed by atoms with Gasteiger partial charge in [0.2, 0.25) is 10.0 Å². The van der Waals surface area contributed by atoms with E-state index in [9.17, 15) is 8.42 Å². The molecule has 1 unspecified atom stereocenters. The first-order valence-corrected chi connectivity index (χ1v) is 10.4. The molecule has 0 bridgehead atoms. The topological polar surface area (TPSA) is 62.6 Å². The molecule has 0 saturated heterocycles. The van der Waals surface area contributed by atoms with E-state index >= 15 is 0 Å². The van der Waals surface area contributed by atoms with Crippen LogP contribution in [0.15, 0.2) is 68.8 Å². The Hall–Kier alpha value is -2.09. The Morgan fingerprint density at radius 3 is 2.80 bits per heavy atom. The molecule has 1 N–H and O–H groups in total. The molecule has 3 aromatic rings. The van der Waals surface area contributed by atoms with Gasteiger partial charge in [0.1, 0.15) is 16.0 Å². The quantitative estimate of drug-likeness (QED) is 0.718. The Kier molecular flexibility index (Phi) is 4.37. The molecule has 1 aromatic carbocycles. The smallest absolute Gasteiger partial charge is 0.250 e. The summed E-state index contributed by atoms with van der Waals surface area (Å²) in [7, 11) is -3.51. The van der Waals surface area contributed by atoms with Gasteiger partial charge in [-0.05, 0) is 41.6 Å². The van der Waals surface area contributed by atoms with Gasteiger partial charge >= 0.3 is 0 Å². The van der Waals surface area contributed by atoms with Gasteiger partial charge in [0, 0.05) is 18.8 Å². The van der Waals surface area contributed by atoms with Gasteiger partial charge in [0.05, 0.1) is 6.26 Å². The van der Waals surface area contributed by atoms with Crippen molar-refractivity contribution in [2.24, 2.45) is 0 Å². The molecule has 4 rings (SSSR count). The highest BCUT2D eigenvalue weighted by Gasteiger charge is 2.30. The van der Waals surface area contributed by atoms with E-state index in [1.165, 1.54) is 16.9 Å². The summed E-state index contributed by atoms with van der Waals surface area (Å²) in [5, 5.41) is 1.76. The van der Waals surface area contributed by atoms with Crippen LogP contribution in [0.4, 0.5) is 5.69 Å². The lowest BCUT2D eigenvalue weighted by Crippen LogP contribution is -2.37. The number of nitrogens with one attached hydrogen (secondary N) is 1. The van der Waals surface area contributed by atoms with Gasteiger partial charge < -0.3 is 9.32 Å². The summed E-state index contributed by atoms with van der Waals surface area (Å²) in [6, 6.07) is 15.1. The standard InChI is InChI=1S/C18H18N2O3S2/c21-25(22,18-8-4-12-24-18)19-13-16(17-7-3-11-23-17)20-10-9-14-5-1-2-6-15(14)20/h1-8,11-12,16,19H,9-10,13H2. The Balaban J connectivity index is 1.61. The fourth-order valence-electron chi connectivity index (χ4n) is 3.21. The zero-order valence-corrected chi connectivity index (χ0v) is 15.1. The van der Waals surface area contributed by atoms with Crippen LogP contribution in [0.5, 0.6) is 0 Å². The van der Waals surface area contributed by atoms with Crippen molar-refractivity contribution in [1.82, 2.24) is 4.72 Å². The maximum atomic E-state index is 12.5. The summed E-state index contributed by atoms with van der Waals surface area (Å²) in [5.74, 6) is 0.755. The van der Waals surface area contributed by atoms with Crippen LogP contribution in [0.25, 0.3) is 0 Å². The summed E-state index contributed by atoms with van der Waals surface area (Å²) in [6.07, 6.45) is 2.57. The number of thiophene rings is 1. The van der Waals surface area contributed by atoms with E-state index in [1.54, 1.807) is 23.8 Å². The van der Waals surface area contributed by atoms with Crippen LogP contribution in [0.1, 0.15) is 17.4 Å². The molecule has 0 radical (unpaired) electrons. The summed E-state index contributed by atoms with van der Waals surface area (Å²) in [4.78, 5) is 2.21. The summed E-state index contributed by atoms with van der Waals surface area (Å²) in [6.45, 7) is 1.09. The molecule has 3 heterocycles. The van der Waals surface area contributed by atoms with E-state index in [0.717, 1.165) is 24.4 Å². The Morgan fingerprint density at radius 1 is 1.16 bits per heavy atom. The molecule has 1 aliphatic rings. The Labute approximate surface area is 151 Å². The number of nitrogens with zero attached hydrogens (tertiary/aromatic N) is 1. The molecule has 0 spiro atoms. The van der Waals surface area contributed by atoms with Crippen molar-refractivity contribution in [3.05, 3.63) is 71.5 Å². The maximum absolute atomic E-state index is 12.5. The van der Waals surface area contributed by atoms with E-state index in [-0.39, 0.29) is 12.6 Å². The third kappa shape index (κ3) is 3.22. The zero-order valence-electron chi connectivity index (χ0n) is 13.5. The molecule has 130 valence electrons. The monoisotopic (exact) mass is 374 g/mol. The number of para-hydroxylation sites is 1. The molecule has 2 aromatic heterocycles. The van der Waals surface area contributed by atoms with Crippen LogP contribution in [0.3, 0.4) is 0 Å². The minimum atomic E-state index is -3.51. The third-order valence-corrected chi connectivity index (χ3v) is 7.22. The second-order valence-electron chi connectivity index (χ2n) is 5.89. The van der Waals surface area contributed by atoms with E-state index in [2.05, 4.69) is 21.8 Å². The molecular weight excluding hydrogens is 356 g/mol. The molecule has 0 fully saturated rings. The largest absolute Gasteiger partial charge is 0.467 e. The lowest BCUT2D eigenvalue weighted by atomic mass is 10.1. The maximum Gasteiger partial charge on any atom is 0.250 e. The minimum Gasteiger partial charge on any atom is -0.467 e. The van der Waals surface area contributed by atoms with Crippen molar-refractivity contribution in [2.45, 2.75) is 16.7 Å². The number of hydrogen-bond donors (Lipinski definition) is 1. The highest BCUT2D eigenvalue weighted by Crippen LogP contribution is 2.35.